The Morgan fingerprint density at radius 3 is 3.00 bits per heavy atom. The molecule has 2 heterocycles. The van der Waals surface area contributed by atoms with E-state index in [9.17, 15) is 4.79 Å². The molecular weight excluding hydrogens is 218 g/mol. The van der Waals surface area contributed by atoms with Gasteiger partial charge in [-0.05, 0) is 12.1 Å². The van der Waals surface area contributed by atoms with Gasteiger partial charge in [-0.3, -0.25) is 4.90 Å². The van der Waals surface area contributed by atoms with Crippen molar-refractivity contribution < 1.29 is 9.90 Å². The summed E-state index contributed by atoms with van der Waals surface area (Å²) in [4.78, 5) is 16.8. The van der Waals surface area contributed by atoms with E-state index in [2.05, 4.69) is 10.3 Å². The van der Waals surface area contributed by atoms with E-state index in [-0.39, 0.29) is 5.57 Å². The summed E-state index contributed by atoms with van der Waals surface area (Å²) in [5.74, 6) is -0.308. The number of hydrogen-bond donors (Lipinski definition) is 2. The second-order valence-corrected chi connectivity index (χ2v) is 3.68. The standard InChI is InChI=1S/C12H9N3O2/c16-12(17)8-5-14-11-6-13-9-3-1-2-4-10(9)15(11)7-8/h1-7,13H,(H,16,17). The van der Waals surface area contributed by atoms with Crippen molar-refractivity contribution in [3.63, 3.8) is 0 Å². The van der Waals surface area contributed by atoms with Crippen molar-refractivity contribution in [2.45, 2.75) is 0 Å². The molecular formula is C12H9N3O2. The van der Waals surface area contributed by atoms with Gasteiger partial charge >= 0.3 is 5.97 Å². The third-order valence-corrected chi connectivity index (χ3v) is 2.62. The van der Waals surface area contributed by atoms with Crippen LogP contribution in [0.15, 0.2) is 53.1 Å². The fourth-order valence-corrected chi connectivity index (χ4v) is 1.79. The van der Waals surface area contributed by atoms with E-state index in [0.29, 0.717) is 5.82 Å². The third kappa shape index (κ3) is 1.48. The minimum atomic E-state index is -0.983. The van der Waals surface area contributed by atoms with Gasteiger partial charge in [0.2, 0.25) is 0 Å². The van der Waals surface area contributed by atoms with Crippen LogP contribution in [0, 0.1) is 0 Å². The van der Waals surface area contributed by atoms with Gasteiger partial charge in [-0.15, -0.1) is 0 Å². The summed E-state index contributed by atoms with van der Waals surface area (Å²) < 4.78 is 0. The van der Waals surface area contributed by atoms with Gasteiger partial charge in [-0.2, -0.15) is 0 Å². The molecule has 0 atom stereocenters. The van der Waals surface area contributed by atoms with Crippen LogP contribution < -0.4 is 10.2 Å². The number of carbonyl (C=O) groups is 1. The van der Waals surface area contributed by atoms with E-state index >= 15 is 0 Å². The van der Waals surface area contributed by atoms with E-state index < -0.39 is 5.97 Å². The molecule has 0 aromatic heterocycles. The van der Waals surface area contributed by atoms with Crippen molar-refractivity contribution in [1.82, 2.24) is 0 Å². The van der Waals surface area contributed by atoms with Crippen molar-refractivity contribution in [2.24, 2.45) is 4.99 Å². The maximum atomic E-state index is 10.9. The summed E-state index contributed by atoms with van der Waals surface area (Å²) in [5.41, 5.74) is 1.98. The molecule has 0 saturated carbocycles. The average molecular weight is 227 g/mol. The van der Waals surface area contributed by atoms with Crippen molar-refractivity contribution in [3.8, 4) is 0 Å². The Balaban J connectivity index is 2.10. The van der Waals surface area contributed by atoms with E-state index in [1.54, 1.807) is 17.3 Å². The summed E-state index contributed by atoms with van der Waals surface area (Å²) in [5, 5.41) is 12.1. The van der Waals surface area contributed by atoms with Gasteiger partial charge in [0.05, 0.1) is 16.9 Å². The van der Waals surface area contributed by atoms with E-state index in [4.69, 9.17) is 5.11 Å². The molecule has 0 fully saturated rings. The lowest BCUT2D eigenvalue weighted by Gasteiger charge is -2.29. The smallest absolute Gasteiger partial charge is 0.338 e. The maximum absolute atomic E-state index is 10.9. The Labute approximate surface area is 97.4 Å². The quantitative estimate of drug-likeness (QED) is 0.767. The maximum Gasteiger partial charge on any atom is 0.338 e. The van der Waals surface area contributed by atoms with Crippen LogP contribution in [-0.2, 0) is 4.79 Å². The average Bonchev–Trinajstić information content (AvgIpc) is 2.38. The van der Waals surface area contributed by atoms with Crippen LogP contribution in [0.3, 0.4) is 0 Å². The van der Waals surface area contributed by atoms with Crippen LogP contribution in [0.5, 0.6) is 0 Å². The van der Waals surface area contributed by atoms with Crippen LogP contribution in [0.4, 0.5) is 11.4 Å². The fraction of sp³-hybridized carbons (Fsp3) is 0. The van der Waals surface area contributed by atoms with Crippen LogP contribution in [-0.4, -0.2) is 17.3 Å². The fourth-order valence-electron chi connectivity index (χ4n) is 1.79. The highest BCUT2D eigenvalue weighted by Gasteiger charge is 2.22. The van der Waals surface area contributed by atoms with Gasteiger partial charge in [-0.25, -0.2) is 9.79 Å². The lowest BCUT2D eigenvalue weighted by atomic mass is 10.2. The molecule has 0 aliphatic carbocycles. The number of para-hydroxylation sites is 2. The number of anilines is 2. The number of aliphatic imine (C=N–C) groups is 1. The molecule has 0 amide bonds. The molecule has 2 N–H and O–H groups in total. The molecule has 0 saturated heterocycles. The van der Waals surface area contributed by atoms with Crippen LogP contribution in [0.1, 0.15) is 0 Å². The molecule has 84 valence electrons. The number of carboxylic acids is 1. The van der Waals surface area contributed by atoms with Gasteiger partial charge in [0.1, 0.15) is 0 Å². The predicted molar refractivity (Wildman–Crippen MR) is 64.8 cm³/mol. The van der Waals surface area contributed by atoms with E-state index in [1.807, 2.05) is 24.3 Å². The number of benzene rings is 1. The molecule has 0 spiro atoms. The van der Waals surface area contributed by atoms with Gasteiger partial charge in [0.25, 0.3) is 0 Å². The second-order valence-electron chi connectivity index (χ2n) is 3.68. The Morgan fingerprint density at radius 1 is 1.35 bits per heavy atom. The molecule has 2 aliphatic heterocycles. The zero-order chi connectivity index (χ0) is 11.8. The minimum Gasteiger partial charge on any atom is -0.478 e. The van der Waals surface area contributed by atoms with E-state index in [0.717, 1.165) is 11.4 Å². The first-order chi connectivity index (χ1) is 8.25. The number of nitrogens with one attached hydrogen (secondary N) is 1. The largest absolute Gasteiger partial charge is 0.478 e. The number of fused-ring (bicyclic) bond motifs is 3. The highest BCUT2D eigenvalue weighted by atomic mass is 16.4. The predicted octanol–water partition coefficient (Wildman–Crippen LogP) is 1.77. The molecule has 5 heteroatoms. The number of nitrogens with zero attached hydrogens (tertiary/aromatic N) is 2. The van der Waals surface area contributed by atoms with Crippen LogP contribution in [0.25, 0.3) is 0 Å². The Hall–Kier alpha value is -2.56. The van der Waals surface area contributed by atoms with Gasteiger partial charge in [-0.1, -0.05) is 12.1 Å². The highest BCUT2D eigenvalue weighted by Crippen LogP contribution is 2.34. The monoisotopic (exact) mass is 227 g/mol. The minimum absolute atomic E-state index is 0.166. The summed E-state index contributed by atoms with van der Waals surface area (Å²) in [7, 11) is 0. The Morgan fingerprint density at radius 2 is 2.18 bits per heavy atom. The lowest BCUT2D eigenvalue weighted by Crippen LogP contribution is -2.25. The first-order valence-electron chi connectivity index (χ1n) is 5.10. The topological polar surface area (TPSA) is 64.9 Å². The molecule has 1 aromatic rings. The van der Waals surface area contributed by atoms with Gasteiger partial charge in [0.15, 0.2) is 5.82 Å². The molecule has 0 radical (unpaired) electrons. The Bertz CT molecular complexity index is 587. The highest BCUT2D eigenvalue weighted by molar-refractivity contribution is 6.10. The van der Waals surface area contributed by atoms with Crippen molar-refractivity contribution >= 4 is 23.6 Å². The molecule has 17 heavy (non-hydrogen) atoms. The normalized spacial score (nSPS) is 16.4. The van der Waals surface area contributed by atoms with E-state index in [1.165, 1.54) is 6.21 Å². The number of aliphatic carboxylic acids is 1. The number of rotatable bonds is 1. The first-order valence-corrected chi connectivity index (χ1v) is 5.10. The SMILES string of the molecule is O=C(O)C1=CN2C(=CNc3ccccc32)N=C1. The zero-order valence-corrected chi connectivity index (χ0v) is 8.79. The molecule has 2 aliphatic rings. The first kappa shape index (κ1) is 9.65. The molecule has 5 nitrogen and oxygen atoms in total. The molecule has 1 aromatic carbocycles. The second kappa shape index (κ2) is 3.48. The van der Waals surface area contributed by atoms with Gasteiger partial charge < -0.3 is 10.4 Å². The molecule has 3 rings (SSSR count). The summed E-state index contributed by atoms with van der Waals surface area (Å²) in [6, 6.07) is 7.65. The van der Waals surface area contributed by atoms with Crippen molar-refractivity contribution in [3.05, 3.63) is 48.1 Å². The summed E-state index contributed by atoms with van der Waals surface area (Å²) >= 11 is 0. The zero-order valence-electron chi connectivity index (χ0n) is 8.79. The van der Waals surface area contributed by atoms with Gasteiger partial charge in [0, 0.05) is 18.6 Å². The Kier molecular flexibility index (Phi) is 1.98. The third-order valence-electron chi connectivity index (χ3n) is 2.62. The lowest BCUT2D eigenvalue weighted by molar-refractivity contribution is -0.132. The summed E-state index contributed by atoms with van der Waals surface area (Å²) in [6.07, 6.45) is 4.66. The molecule has 0 bridgehead atoms. The van der Waals surface area contributed by atoms with Crippen molar-refractivity contribution in [1.29, 1.82) is 0 Å². The summed E-state index contributed by atoms with van der Waals surface area (Å²) in [6.45, 7) is 0. The number of carboxylic acid groups (broad SMARTS) is 1. The van der Waals surface area contributed by atoms with Crippen LogP contribution in [0.2, 0.25) is 0 Å². The van der Waals surface area contributed by atoms with Crippen LogP contribution >= 0.6 is 0 Å². The number of hydrogen-bond acceptors (Lipinski definition) is 4. The molecule has 0 unspecified atom stereocenters. The van der Waals surface area contributed by atoms with Crippen molar-refractivity contribution in [2.75, 3.05) is 10.2 Å².